The summed E-state index contributed by atoms with van der Waals surface area (Å²) in [6.07, 6.45) is -6.32. The van der Waals surface area contributed by atoms with Crippen LogP contribution in [0.15, 0.2) is 51.4 Å². The van der Waals surface area contributed by atoms with E-state index in [2.05, 4.69) is 10.1 Å². The molecule has 2 aromatic carbocycles. The second-order valence-corrected chi connectivity index (χ2v) is 5.86. The molecular weight excluding hydrogens is 384 g/mol. The first-order chi connectivity index (χ1) is 13.2. The Morgan fingerprint density at radius 2 is 1.71 bits per heavy atom. The van der Waals surface area contributed by atoms with Crippen LogP contribution in [0.3, 0.4) is 0 Å². The van der Waals surface area contributed by atoms with Crippen LogP contribution in [0.2, 0.25) is 0 Å². The van der Waals surface area contributed by atoms with Crippen LogP contribution in [0.1, 0.15) is 17.4 Å². The molecule has 2 N–H and O–H groups in total. The molecule has 4 aromatic rings. The van der Waals surface area contributed by atoms with Gasteiger partial charge in [0.15, 0.2) is 23.5 Å². The van der Waals surface area contributed by atoms with E-state index in [4.69, 9.17) is 19.2 Å². The number of aromatic nitrogens is 2. The molecule has 0 spiro atoms. The lowest BCUT2D eigenvalue weighted by molar-refractivity contribution is -0.136. The predicted octanol–water partition coefficient (Wildman–Crippen LogP) is 4.29. The topological polar surface area (TPSA) is 92.5 Å². The summed E-state index contributed by atoms with van der Waals surface area (Å²) in [6.45, 7) is 0. The number of hydrogen-bond acceptors (Lipinski definition) is 6. The number of alkyl halides is 3. The van der Waals surface area contributed by atoms with E-state index in [1.165, 1.54) is 24.3 Å². The molecule has 0 atom stereocenters. The first kappa shape index (κ1) is 18.1. The monoisotopic (exact) mass is 394 g/mol. The van der Waals surface area contributed by atoms with E-state index in [9.17, 15) is 17.6 Å². The molecule has 0 unspecified atom stereocenters. The summed E-state index contributed by atoms with van der Waals surface area (Å²) in [5.74, 6) is -1.31. The zero-order valence-electron chi connectivity index (χ0n) is 13.7. The van der Waals surface area contributed by atoms with Crippen LogP contribution >= 0.6 is 0 Å². The van der Waals surface area contributed by atoms with Gasteiger partial charge in [-0.05, 0) is 18.2 Å². The van der Waals surface area contributed by atoms with Crippen molar-refractivity contribution < 1.29 is 36.7 Å². The third-order valence-electron chi connectivity index (χ3n) is 4.04. The summed E-state index contributed by atoms with van der Waals surface area (Å²) in [5, 5.41) is 21.4. The fourth-order valence-corrected chi connectivity index (χ4v) is 2.69. The molecule has 0 fully saturated rings. The van der Waals surface area contributed by atoms with Gasteiger partial charge in [-0.1, -0.05) is 29.4 Å². The Morgan fingerprint density at radius 1 is 1.00 bits per heavy atom. The molecule has 10 heteroatoms. The van der Waals surface area contributed by atoms with Gasteiger partial charge in [-0.25, -0.2) is 4.39 Å². The smallest absolute Gasteiger partial charge is 0.417 e. The second-order valence-electron chi connectivity index (χ2n) is 5.86. The maximum Gasteiger partial charge on any atom is 0.417 e. The lowest BCUT2D eigenvalue weighted by Gasteiger charge is -2.06. The lowest BCUT2D eigenvalue weighted by atomic mass is 10.1. The predicted molar refractivity (Wildman–Crippen MR) is 87.1 cm³/mol. The van der Waals surface area contributed by atoms with Gasteiger partial charge in [0.25, 0.3) is 5.89 Å². The summed E-state index contributed by atoms with van der Waals surface area (Å²) in [4.78, 5) is 4.04. The summed E-state index contributed by atoms with van der Waals surface area (Å²) in [5.41, 5.74) is -0.903. The molecule has 0 amide bonds. The van der Waals surface area contributed by atoms with Gasteiger partial charge in [-0.3, -0.25) is 0 Å². The molecule has 0 bridgehead atoms. The minimum atomic E-state index is -4.69. The van der Waals surface area contributed by atoms with E-state index in [0.717, 1.165) is 6.07 Å². The van der Waals surface area contributed by atoms with Gasteiger partial charge >= 0.3 is 6.18 Å². The third-order valence-corrected chi connectivity index (χ3v) is 4.04. The number of aliphatic hydroxyl groups is 2. The lowest BCUT2D eigenvalue weighted by Crippen LogP contribution is -2.05. The molecule has 2 heterocycles. The van der Waals surface area contributed by atoms with Crippen LogP contribution in [-0.2, 0) is 6.18 Å². The molecule has 0 saturated heterocycles. The first-order valence-electron chi connectivity index (χ1n) is 7.84. The maximum absolute atomic E-state index is 13.9. The van der Waals surface area contributed by atoms with Crippen molar-refractivity contribution >= 4 is 11.0 Å². The van der Waals surface area contributed by atoms with Crippen molar-refractivity contribution in [2.24, 2.45) is 0 Å². The van der Waals surface area contributed by atoms with Gasteiger partial charge in [-0.15, -0.1) is 0 Å². The Balaban J connectivity index is 1.74. The number of nitrogens with zero attached hydrogens (tertiary/aromatic N) is 2. The van der Waals surface area contributed by atoms with Gasteiger partial charge in [0.1, 0.15) is 0 Å². The van der Waals surface area contributed by atoms with Crippen LogP contribution in [0, 0.1) is 5.82 Å². The van der Waals surface area contributed by atoms with Crippen LogP contribution in [0.5, 0.6) is 0 Å². The standard InChI is InChI=1S/C18H10F4N2O4/c19-12-6-5-11(18(20,21)22)10-7-13(27-14(10)12)16-23-15(24-28-16)8-1-3-9(4-2-8)17(25)26/h1-7,17,25-26H. The summed E-state index contributed by atoms with van der Waals surface area (Å²) >= 11 is 0. The van der Waals surface area contributed by atoms with Crippen molar-refractivity contribution in [3.8, 4) is 23.0 Å². The molecule has 0 radical (unpaired) electrons. The van der Waals surface area contributed by atoms with E-state index < -0.39 is 34.8 Å². The van der Waals surface area contributed by atoms with E-state index in [-0.39, 0.29) is 23.0 Å². The van der Waals surface area contributed by atoms with Crippen molar-refractivity contribution in [1.29, 1.82) is 0 Å². The zero-order valence-corrected chi connectivity index (χ0v) is 13.7. The van der Waals surface area contributed by atoms with Crippen LogP contribution in [-0.4, -0.2) is 20.4 Å². The van der Waals surface area contributed by atoms with Gasteiger partial charge < -0.3 is 19.2 Å². The number of rotatable bonds is 3. The van der Waals surface area contributed by atoms with Crippen molar-refractivity contribution in [1.82, 2.24) is 10.1 Å². The SMILES string of the molecule is OC(O)c1ccc(-c2noc(-c3cc4c(C(F)(F)F)ccc(F)c4o3)n2)cc1. The average molecular weight is 394 g/mol. The first-order valence-corrected chi connectivity index (χ1v) is 7.84. The number of hydrogen-bond donors (Lipinski definition) is 2. The van der Waals surface area contributed by atoms with Gasteiger partial charge in [-0.2, -0.15) is 18.2 Å². The summed E-state index contributed by atoms with van der Waals surface area (Å²) in [6, 6.07) is 8.17. The van der Waals surface area contributed by atoms with Crippen molar-refractivity contribution in [2.75, 3.05) is 0 Å². The Bertz CT molecular complexity index is 1150. The molecule has 28 heavy (non-hydrogen) atoms. The average Bonchev–Trinajstić information content (AvgIpc) is 3.28. The fourth-order valence-electron chi connectivity index (χ4n) is 2.69. The largest absolute Gasteiger partial charge is 0.448 e. The van der Waals surface area contributed by atoms with E-state index in [1.54, 1.807) is 0 Å². The fraction of sp³-hybridized carbons (Fsp3) is 0.111. The van der Waals surface area contributed by atoms with Crippen molar-refractivity contribution in [3.05, 3.63) is 59.4 Å². The quantitative estimate of drug-likeness (QED) is 0.398. The highest BCUT2D eigenvalue weighted by Gasteiger charge is 2.34. The number of aliphatic hydroxyl groups excluding tert-OH is 1. The third kappa shape index (κ3) is 3.12. The molecule has 6 nitrogen and oxygen atoms in total. The van der Waals surface area contributed by atoms with Crippen LogP contribution < -0.4 is 0 Å². The molecule has 2 aromatic heterocycles. The summed E-state index contributed by atoms with van der Waals surface area (Å²) in [7, 11) is 0. The molecule has 4 rings (SSSR count). The number of halogens is 4. The van der Waals surface area contributed by atoms with Crippen LogP contribution in [0.25, 0.3) is 34.0 Å². The minimum absolute atomic E-state index is 0.0888. The van der Waals surface area contributed by atoms with Gasteiger partial charge in [0.2, 0.25) is 5.82 Å². The molecule has 0 aliphatic rings. The Labute approximate surface area is 153 Å². The maximum atomic E-state index is 13.9. The zero-order chi connectivity index (χ0) is 20.1. The number of benzene rings is 2. The summed E-state index contributed by atoms with van der Waals surface area (Å²) < 4.78 is 63.5. The van der Waals surface area contributed by atoms with Crippen LogP contribution in [0.4, 0.5) is 17.6 Å². The molecule has 0 aliphatic carbocycles. The molecular formula is C18H10F4N2O4. The van der Waals surface area contributed by atoms with E-state index >= 15 is 0 Å². The Hall–Kier alpha value is -3.24. The second kappa shape index (κ2) is 6.43. The molecule has 0 aliphatic heterocycles. The van der Waals surface area contributed by atoms with E-state index in [0.29, 0.717) is 17.7 Å². The van der Waals surface area contributed by atoms with Crippen molar-refractivity contribution in [2.45, 2.75) is 12.5 Å². The minimum Gasteiger partial charge on any atom is -0.448 e. The molecule has 144 valence electrons. The Morgan fingerprint density at radius 3 is 2.36 bits per heavy atom. The Kier molecular flexibility index (Phi) is 4.16. The highest BCUT2D eigenvalue weighted by Crippen LogP contribution is 2.39. The van der Waals surface area contributed by atoms with Gasteiger partial charge in [0, 0.05) is 16.5 Å². The number of fused-ring (bicyclic) bond motifs is 1. The van der Waals surface area contributed by atoms with E-state index in [1.807, 2.05) is 0 Å². The highest BCUT2D eigenvalue weighted by molar-refractivity contribution is 5.86. The molecule has 0 saturated carbocycles. The number of furan rings is 1. The van der Waals surface area contributed by atoms with Crippen molar-refractivity contribution in [3.63, 3.8) is 0 Å². The highest BCUT2D eigenvalue weighted by atomic mass is 19.4. The van der Waals surface area contributed by atoms with Gasteiger partial charge in [0.05, 0.1) is 5.56 Å². The normalized spacial score (nSPS) is 12.2.